The first-order valence-electron chi connectivity index (χ1n) is 5.37. The first kappa shape index (κ1) is 10.2. The number of benzene rings is 1. The van der Waals surface area contributed by atoms with Gasteiger partial charge >= 0.3 is 0 Å². The molecule has 0 aliphatic rings. The van der Waals surface area contributed by atoms with Crippen LogP contribution in [0.4, 0.5) is 0 Å². The van der Waals surface area contributed by atoms with E-state index in [4.69, 9.17) is 5.73 Å². The van der Waals surface area contributed by atoms with Crippen molar-refractivity contribution in [3.8, 4) is 0 Å². The Kier molecular flexibility index (Phi) is 3.37. The van der Waals surface area contributed by atoms with Crippen LogP contribution in [0, 0.1) is 0 Å². The first-order valence-corrected chi connectivity index (χ1v) is 5.37. The number of H-pyrrole nitrogens is 1. The van der Waals surface area contributed by atoms with Crippen LogP contribution < -0.4 is 11.1 Å². The van der Waals surface area contributed by atoms with Gasteiger partial charge in [0.2, 0.25) is 0 Å². The lowest BCUT2D eigenvalue weighted by Crippen LogP contribution is -2.17. The van der Waals surface area contributed by atoms with Gasteiger partial charge in [-0.3, -0.25) is 0 Å². The van der Waals surface area contributed by atoms with Gasteiger partial charge in [-0.25, -0.2) is 0 Å². The van der Waals surface area contributed by atoms with Crippen molar-refractivity contribution in [3.63, 3.8) is 0 Å². The van der Waals surface area contributed by atoms with Crippen LogP contribution in [-0.4, -0.2) is 18.1 Å². The van der Waals surface area contributed by atoms with E-state index in [1.165, 1.54) is 16.6 Å². The van der Waals surface area contributed by atoms with Gasteiger partial charge in [-0.2, -0.15) is 0 Å². The molecule has 0 saturated heterocycles. The largest absolute Gasteiger partial charge is 0.357 e. The standard InChI is InChI=1S/C12H17N3/c13-6-3-7-14-9-11-8-10-4-1-2-5-12(10)15-11/h1-2,4-5,8,14-15H,3,6-7,9,13H2. The number of aromatic amines is 1. The van der Waals surface area contributed by atoms with E-state index in [2.05, 4.69) is 34.6 Å². The van der Waals surface area contributed by atoms with E-state index in [-0.39, 0.29) is 0 Å². The molecule has 1 aromatic heterocycles. The first-order chi connectivity index (χ1) is 7.40. The fraction of sp³-hybridized carbons (Fsp3) is 0.333. The van der Waals surface area contributed by atoms with Gasteiger partial charge in [-0.05, 0) is 37.0 Å². The molecule has 0 spiro atoms. The Bertz CT molecular complexity index is 386. The number of rotatable bonds is 5. The molecule has 0 fully saturated rings. The molecule has 0 amide bonds. The number of hydrogen-bond acceptors (Lipinski definition) is 2. The van der Waals surface area contributed by atoms with Crippen LogP contribution in [0.3, 0.4) is 0 Å². The summed E-state index contributed by atoms with van der Waals surface area (Å²) in [5, 5.41) is 4.62. The molecule has 0 aliphatic heterocycles. The van der Waals surface area contributed by atoms with E-state index in [1.54, 1.807) is 0 Å². The fourth-order valence-corrected chi connectivity index (χ4v) is 1.68. The number of para-hydroxylation sites is 1. The van der Waals surface area contributed by atoms with Crippen LogP contribution in [0.15, 0.2) is 30.3 Å². The highest BCUT2D eigenvalue weighted by Crippen LogP contribution is 2.14. The minimum Gasteiger partial charge on any atom is -0.357 e. The van der Waals surface area contributed by atoms with E-state index in [0.717, 1.165) is 26.1 Å². The number of aromatic nitrogens is 1. The third kappa shape index (κ3) is 2.58. The third-order valence-corrected chi connectivity index (χ3v) is 2.46. The normalized spacial score (nSPS) is 11.0. The Balaban J connectivity index is 1.97. The highest BCUT2D eigenvalue weighted by molar-refractivity contribution is 5.80. The Morgan fingerprint density at radius 2 is 2.13 bits per heavy atom. The predicted molar refractivity (Wildman–Crippen MR) is 63.7 cm³/mol. The summed E-state index contributed by atoms with van der Waals surface area (Å²) in [5.74, 6) is 0. The van der Waals surface area contributed by atoms with Gasteiger partial charge in [0.25, 0.3) is 0 Å². The van der Waals surface area contributed by atoms with Crippen LogP contribution in [0.2, 0.25) is 0 Å². The van der Waals surface area contributed by atoms with Crippen molar-refractivity contribution in [1.29, 1.82) is 0 Å². The number of nitrogens with two attached hydrogens (primary N) is 1. The molecule has 1 aromatic carbocycles. The topological polar surface area (TPSA) is 53.8 Å². The van der Waals surface area contributed by atoms with Crippen LogP contribution in [0.25, 0.3) is 10.9 Å². The molecule has 0 unspecified atom stereocenters. The zero-order chi connectivity index (χ0) is 10.5. The van der Waals surface area contributed by atoms with E-state index in [9.17, 15) is 0 Å². The molecule has 80 valence electrons. The van der Waals surface area contributed by atoms with Crippen molar-refractivity contribution in [3.05, 3.63) is 36.0 Å². The minimum atomic E-state index is 0.750. The van der Waals surface area contributed by atoms with Crippen molar-refractivity contribution < 1.29 is 0 Å². The second-order valence-electron chi connectivity index (χ2n) is 3.70. The smallest absolute Gasteiger partial charge is 0.0456 e. The van der Waals surface area contributed by atoms with Crippen molar-refractivity contribution in [2.75, 3.05) is 13.1 Å². The number of nitrogens with one attached hydrogen (secondary N) is 2. The Morgan fingerprint density at radius 3 is 2.93 bits per heavy atom. The Hall–Kier alpha value is -1.32. The molecule has 2 rings (SSSR count). The summed E-state index contributed by atoms with van der Waals surface area (Å²) in [7, 11) is 0. The molecule has 3 heteroatoms. The van der Waals surface area contributed by atoms with Gasteiger partial charge in [0.15, 0.2) is 0 Å². The van der Waals surface area contributed by atoms with Gasteiger partial charge < -0.3 is 16.0 Å². The SMILES string of the molecule is NCCCNCc1cc2ccccc2[nH]1. The summed E-state index contributed by atoms with van der Waals surface area (Å²) >= 11 is 0. The van der Waals surface area contributed by atoms with Crippen LogP contribution in [0.1, 0.15) is 12.1 Å². The van der Waals surface area contributed by atoms with Crippen molar-refractivity contribution in [2.45, 2.75) is 13.0 Å². The highest BCUT2D eigenvalue weighted by Gasteiger charge is 1.98. The average molecular weight is 203 g/mol. The van der Waals surface area contributed by atoms with Crippen molar-refractivity contribution >= 4 is 10.9 Å². The van der Waals surface area contributed by atoms with E-state index in [1.807, 2.05) is 6.07 Å². The summed E-state index contributed by atoms with van der Waals surface area (Å²) in [5.41, 5.74) is 7.85. The Morgan fingerprint density at radius 1 is 1.27 bits per heavy atom. The van der Waals surface area contributed by atoms with Crippen LogP contribution in [0.5, 0.6) is 0 Å². The van der Waals surface area contributed by atoms with Gasteiger partial charge in [0.1, 0.15) is 0 Å². The maximum absolute atomic E-state index is 5.42. The lowest BCUT2D eigenvalue weighted by atomic mass is 10.2. The maximum Gasteiger partial charge on any atom is 0.0456 e. The molecule has 0 radical (unpaired) electrons. The minimum absolute atomic E-state index is 0.750. The van der Waals surface area contributed by atoms with Crippen molar-refractivity contribution in [1.82, 2.24) is 10.3 Å². The molecule has 3 nitrogen and oxygen atoms in total. The maximum atomic E-state index is 5.42. The zero-order valence-corrected chi connectivity index (χ0v) is 8.79. The lowest BCUT2D eigenvalue weighted by Gasteiger charge is -2.00. The van der Waals surface area contributed by atoms with Gasteiger partial charge in [-0.1, -0.05) is 18.2 Å². The molecule has 4 N–H and O–H groups in total. The molecule has 0 atom stereocenters. The molecule has 0 saturated carbocycles. The average Bonchev–Trinajstić information content (AvgIpc) is 2.67. The Labute approximate surface area is 89.7 Å². The molecule has 0 bridgehead atoms. The third-order valence-electron chi connectivity index (χ3n) is 2.46. The van der Waals surface area contributed by atoms with E-state index >= 15 is 0 Å². The van der Waals surface area contributed by atoms with Crippen molar-refractivity contribution in [2.24, 2.45) is 5.73 Å². The van der Waals surface area contributed by atoms with Gasteiger partial charge in [0, 0.05) is 17.8 Å². The number of fused-ring (bicyclic) bond motifs is 1. The molecule has 1 heterocycles. The molecule has 2 aromatic rings. The monoisotopic (exact) mass is 203 g/mol. The molecular formula is C12H17N3. The second kappa shape index (κ2) is 4.96. The summed E-state index contributed by atoms with van der Waals surface area (Å²) in [6, 6.07) is 10.5. The second-order valence-corrected chi connectivity index (χ2v) is 3.70. The fourth-order valence-electron chi connectivity index (χ4n) is 1.68. The molecule has 0 aliphatic carbocycles. The summed E-state index contributed by atoms with van der Waals surface area (Å²) < 4.78 is 0. The molecule has 15 heavy (non-hydrogen) atoms. The van der Waals surface area contributed by atoms with Gasteiger partial charge in [-0.15, -0.1) is 0 Å². The summed E-state index contributed by atoms with van der Waals surface area (Å²) in [6.45, 7) is 2.61. The highest BCUT2D eigenvalue weighted by atomic mass is 14.9. The van der Waals surface area contributed by atoms with E-state index in [0.29, 0.717) is 0 Å². The predicted octanol–water partition coefficient (Wildman–Crippen LogP) is 1.61. The lowest BCUT2D eigenvalue weighted by molar-refractivity contribution is 0.649. The van der Waals surface area contributed by atoms with E-state index < -0.39 is 0 Å². The summed E-state index contributed by atoms with van der Waals surface area (Å²) in [4.78, 5) is 3.38. The summed E-state index contributed by atoms with van der Waals surface area (Å²) in [6.07, 6.45) is 1.03. The van der Waals surface area contributed by atoms with Gasteiger partial charge in [0.05, 0.1) is 0 Å². The quantitative estimate of drug-likeness (QED) is 0.647. The number of hydrogen-bond donors (Lipinski definition) is 3. The van der Waals surface area contributed by atoms with Crippen LogP contribution >= 0.6 is 0 Å². The zero-order valence-electron chi connectivity index (χ0n) is 8.79. The molecular weight excluding hydrogens is 186 g/mol. The van der Waals surface area contributed by atoms with Crippen LogP contribution in [-0.2, 0) is 6.54 Å².